The summed E-state index contributed by atoms with van der Waals surface area (Å²) >= 11 is 0. The Morgan fingerprint density at radius 3 is 2.45 bits per heavy atom. The molecule has 1 unspecified atom stereocenters. The lowest BCUT2D eigenvalue weighted by atomic mass is 9.94. The molecule has 0 aromatic heterocycles. The van der Waals surface area contributed by atoms with Crippen molar-refractivity contribution in [1.29, 1.82) is 0 Å². The van der Waals surface area contributed by atoms with Gasteiger partial charge in [0.2, 0.25) is 5.91 Å². The Kier molecular flexibility index (Phi) is 5.70. The van der Waals surface area contributed by atoms with Crippen LogP contribution in [0.1, 0.15) is 32.3 Å². The quantitative estimate of drug-likeness (QED) is 0.701. The van der Waals surface area contributed by atoms with Gasteiger partial charge in [-0.2, -0.15) is 0 Å². The van der Waals surface area contributed by atoms with Crippen molar-refractivity contribution in [3.05, 3.63) is 35.9 Å². The number of rotatable bonds is 7. The van der Waals surface area contributed by atoms with E-state index < -0.39 is 23.5 Å². The van der Waals surface area contributed by atoms with Crippen LogP contribution in [0.15, 0.2) is 30.3 Å². The van der Waals surface area contributed by atoms with Crippen LogP contribution >= 0.6 is 0 Å². The van der Waals surface area contributed by atoms with Gasteiger partial charge in [-0.3, -0.25) is 9.59 Å². The van der Waals surface area contributed by atoms with Gasteiger partial charge in [0.1, 0.15) is 0 Å². The highest BCUT2D eigenvalue weighted by atomic mass is 16.4. The van der Waals surface area contributed by atoms with Crippen molar-refractivity contribution in [3.8, 4) is 0 Å². The minimum atomic E-state index is -1.07. The van der Waals surface area contributed by atoms with Gasteiger partial charge in [0.05, 0.1) is 12.5 Å². The fourth-order valence-electron chi connectivity index (χ4n) is 1.87. The number of nitrogens with two attached hydrogens (primary N) is 1. The fourth-order valence-corrected chi connectivity index (χ4v) is 1.87. The third-order valence-electron chi connectivity index (χ3n) is 3.07. The molecule has 20 heavy (non-hydrogen) atoms. The normalized spacial score (nSPS) is 12.8. The summed E-state index contributed by atoms with van der Waals surface area (Å²) in [6.45, 7) is 3.81. The molecular weight excluding hydrogens is 256 g/mol. The Labute approximate surface area is 119 Å². The van der Waals surface area contributed by atoms with E-state index in [9.17, 15) is 9.59 Å². The molecule has 5 heteroatoms. The zero-order chi connectivity index (χ0) is 15.2. The van der Waals surface area contributed by atoms with Gasteiger partial charge in [-0.25, -0.2) is 0 Å². The van der Waals surface area contributed by atoms with Crippen LogP contribution in [0, 0.1) is 0 Å². The smallest absolute Gasteiger partial charge is 0.305 e. The lowest BCUT2D eigenvalue weighted by Crippen LogP contribution is -2.51. The third kappa shape index (κ3) is 5.84. The van der Waals surface area contributed by atoms with Gasteiger partial charge in [0.15, 0.2) is 0 Å². The molecule has 0 heterocycles. The number of aryl methyl sites for hydroxylation is 1. The summed E-state index contributed by atoms with van der Waals surface area (Å²) in [7, 11) is 0. The number of carbonyl (C=O) groups excluding carboxylic acids is 1. The highest BCUT2D eigenvalue weighted by molar-refractivity contribution is 5.86. The van der Waals surface area contributed by atoms with Crippen LogP contribution in [0.4, 0.5) is 0 Å². The van der Waals surface area contributed by atoms with Gasteiger partial charge in [-0.05, 0) is 32.3 Å². The molecule has 0 radical (unpaired) electrons. The summed E-state index contributed by atoms with van der Waals surface area (Å²) in [6, 6.07) is 8.97. The molecule has 5 nitrogen and oxygen atoms in total. The summed E-state index contributed by atoms with van der Waals surface area (Å²) < 4.78 is 0. The minimum absolute atomic E-state index is 0.361. The van der Waals surface area contributed by atoms with Crippen molar-refractivity contribution < 1.29 is 14.7 Å². The Bertz CT molecular complexity index is 457. The second-order valence-corrected chi connectivity index (χ2v) is 5.56. The molecule has 110 valence electrons. The number of hydrogen-bond donors (Lipinski definition) is 3. The number of benzene rings is 1. The Balaban J connectivity index is 2.48. The molecule has 0 bridgehead atoms. The van der Waals surface area contributed by atoms with Crippen LogP contribution in [-0.2, 0) is 16.0 Å². The molecular formula is C15H22N2O3. The van der Waals surface area contributed by atoms with E-state index in [1.54, 1.807) is 0 Å². The van der Waals surface area contributed by atoms with Crippen LogP contribution in [0.5, 0.6) is 0 Å². The molecule has 1 aromatic carbocycles. The lowest BCUT2D eigenvalue weighted by Gasteiger charge is -2.27. The van der Waals surface area contributed by atoms with Gasteiger partial charge in [-0.15, -0.1) is 0 Å². The van der Waals surface area contributed by atoms with Gasteiger partial charge in [-0.1, -0.05) is 30.3 Å². The molecule has 1 amide bonds. The van der Waals surface area contributed by atoms with E-state index in [4.69, 9.17) is 10.8 Å². The van der Waals surface area contributed by atoms with E-state index in [-0.39, 0.29) is 6.42 Å². The number of carbonyl (C=O) groups is 2. The number of amides is 1. The van der Waals surface area contributed by atoms with Gasteiger partial charge >= 0.3 is 5.97 Å². The first-order chi connectivity index (χ1) is 9.30. The predicted octanol–water partition coefficient (Wildman–Crippen LogP) is 1.32. The van der Waals surface area contributed by atoms with Crippen LogP contribution in [0.25, 0.3) is 0 Å². The first-order valence-corrected chi connectivity index (χ1v) is 6.63. The molecule has 0 aliphatic heterocycles. The molecule has 1 rings (SSSR count). The van der Waals surface area contributed by atoms with Crippen molar-refractivity contribution >= 4 is 11.9 Å². The van der Waals surface area contributed by atoms with Gasteiger partial charge in [0.25, 0.3) is 0 Å². The largest absolute Gasteiger partial charge is 0.481 e. The summed E-state index contributed by atoms with van der Waals surface area (Å²) in [5.74, 6) is -1.50. The first-order valence-electron chi connectivity index (χ1n) is 6.63. The Morgan fingerprint density at radius 1 is 1.30 bits per heavy atom. The van der Waals surface area contributed by atoms with Crippen LogP contribution in [0.2, 0.25) is 0 Å². The van der Waals surface area contributed by atoms with Crippen molar-refractivity contribution in [3.63, 3.8) is 0 Å². The molecule has 0 fully saturated rings. The van der Waals surface area contributed by atoms with Crippen LogP contribution in [-0.4, -0.2) is 28.6 Å². The zero-order valence-corrected chi connectivity index (χ0v) is 11.9. The van der Waals surface area contributed by atoms with Gasteiger partial charge < -0.3 is 16.2 Å². The Morgan fingerprint density at radius 2 is 1.90 bits per heavy atom. The monoisotopic (exact) mass is 278 g/mol. The number of aliphatic carboxylic acids is 1. The van der Waals surface area contributed by atoms with Crippen LogP contribution < -0.4 is 11.1 Å². The standard InChI is InChI=1S/C15H22N2O3/c1-15(2,9-8-11-6-4-3-5-7-11)17-14(20)12(16)10-13(18)19/h3-7,12H,8-10,16H2,1-2H3,(H,17,20)(H,18,19). The number of carboxylic acid groups (broad SMARTS) is 1. The highest BCUT2D eigenvalue weighted by Crippen LogP contribution is 2.13. The topological polar surface area (TPSA) is 92.4 Å². The van der Waals surface area contributed by atoms with Crippen molar-refractivity contribution in [2.75, 3.05) is 0 Å². The highest BCUT2D eigenvalue weighted by Gasteiger charge is 2.24. The molecule has 0 spiro atoms. The Hall–Kier alpha value is -1.88. The summed E-state index contributed by atoms with van der Waals surface area (Å²) in [5.41, 5.74) is 6.31. The number of carboxylic acids is 1. The first kappa shape index (κ1) is 16.2. The van der Waals surface area contributed by atoms with Crippen LogP contribution in [0.3, 0.4) is 0 Å². The molecule has 1 atom stereocenters. The van der Waals surface area contributed by atoms with E-state index in [0.29, 0.717) is 0 Å². The second kappa shape index (κ2) is 7.05. The van der Waals surface area contributed by atoms with E-state index in [2.05, 4.69) is 5.32 Å². The molecule has 0 saturated heterocycles. The van der Waals surface area contributed by atoms with Crippen molar-refractivity contribution in [2.45, 2.75) is 44.7 Å². The van der Waals surface area contributed by atoms with Crippen molar-refractivity contribution in [2.24, 2.45) is 5.73 Å². The fraction of sp³-hybridized carbons (Fsp3) is 0.467. The van der Waals surface area contributed by atoms with E-state index >= 15 is 0 Å². The molecule has 0 aliphatic carbocycles. The zero-order valence-electron chi connectivity index (χ0n) is 11.9. The van der Waals surface area contributed by atoms with Gasteiger partial charge in [0, 0.05) is 5.54 Å². The summed E-state index contributed by atoms with van der Waals surface area (Å²) in [5, 5.41) is 11.4. The van der Waals surface area contributed by atoms with Crippen molar-refractivity contribution in [1.82, 2.24) is 5.32 Å². The molecule has 4 N–H and O–H groups in total. The second-order valence-electron chi connectivity index (χ2n) is 5.56. The maximum Gasteiger partial charge on any atom is 0.305 e. The average molecular weight is 278 g/mol. The minimum Gasteiger partial charge on any atom is -0.481 e. The molecule has 1 aromatic rings. The predicted molar refractivity (Wildman–Crippen MR) is 77.2 cm³/mol. The number of nitrogens with one attached hydrogen (secondary N) is 1. The maximum atomic E-state index is 11.8. The summed E-state index contributed by atoms with van der Waals surface area (Å²) in [4.78, 5) is 22.3. The lowest BCUT2D eigenvalue weighted by molar-refractivity contribution is -0.139. The average Bonchev–Trinajstić information content (AvgIpc) is 2.36. The summed E-state index contributed by atoms with van der Waals surface area (Å²) in [6.07, 6.45) is 1.23. The van der Waals surface area contributed by atoms with E-state index in [1.165, 1.54) is 5.56 Å². The SMILES string of the molecule is CC(C)(CCc1ccccc1)NC(=O)C(N)CC(=O)O. The molecule has 0 aliphatic rings. The number of hydrogen-bond acceptors (Lipinski definition) is 3. The van der Waals surface area contributed by atoms with E-state index in [0.717, 1.165) is 12.8 Å². The van der Waals surface area contributed by atoms with E-state index in [1.807, 2.05) is 44.2 Å². The third-order valence-corrected chi connectivity index (χ3v) is 3.07. The molecule has 0 saturated carbocycles. The maximum absolute atomic E-state index is 11.8.